The van der Waals surface area contributed by atoms with Crippen molar-refractivity contribution in [1.82, 2.24) is 4.98 Å². The zero-order chi connectivity index (χ0) is 11.9. The van der Waals surface area contributed by atoms with Gasteiger partial charge in [0.05, 0.1) is 5.52 Å². The molecule has 1 aromatic heterocycles. The first-order valence-corrected chi connectivity index (χ1v) is 5.36. The molecular weight excluding hydrogens is 205 g/mol. The van der Waals surface area contributed by atoms with Crippen molar-refractivity contribution >= 4 is 10.9 Å². The van der Waals surface area contributed by atoms with Gasteiger partial charge in [-0.25, -0.2) is 4.39 Å². The fourth-order valence-corrected chi connectivity index (χ4v) is 2.06. The highest BCUT2D eigenvalue weighted by molar-refractivity contribution is 5.82. The van der Waals surface area contributed by atoms with E-state index in [1.165, 1.54) is 6.07 Å². The highest BCUT2D eigenvalue weighted by Crippen LogP contribution is 2.18. The molecule has 1 aromatic carbocycles. The number of hydrogen-bond acceptors (Lipinski definition) is 1. The molecular formula is C13H14FNO. The van der Waals surface area contributed by atoms with E-state index in [9.17, 15) is 9.18 Å². The number of hydrogen-bond donors (Lipinski definition) is 1. The Hall–Kier alpha value is -1.64. The number of H-pyrrole nitrogens is 1. The Labute approximate surface area is 93.1 Å². The monoisotopic (exact) mass is 219 g/mol. The summed E-state index contributed by atoms with van der Waals surface area (Å²) in [6.07, 6.45) is 0.688. The highest BCUT2D eigenvalue weighted by Gasteiger charge is 2.10. The zero-order valence-corrected chi connectivity index (χ0v) is 9.65. The van der Waals surface area contributed by atoms with Crippen LogP contribution in [0.5, 0.6) is 0 Å². The molecule has 84 valence electrons. The number of rotatable bonds is 1. The van der Waals surface area contributed by atoms with Crippen LogP contribution >= 0.6 is 0 Å². The Bertz CT molecular complexity index is 613. The number of aromatic nitrogens is 1. The van der Waals surface area contributed by atoms with Gasteiger partial charge in [-0.2, -0.15) is 0 Å². The first kappa shape index (κ1) is 10.9. The summed E-state index contributed by atoms with van der Waals surface area (Å²) >= 11 is 0. The van der Waals surface area contributed by atoms with E-state index in [1.54, 1.807) is 13.0 Å². The number of benzene rings is 1. The lowest BCUT2D eigenvalue weighted by atomic mass is 10.0. The molecule has 0 aliphatic carbocycles. The van der Waals surface area contributed by atoms with Crippen molar-refractivity contribution in [2.75, 3.05) is 0 Å². The minimum Gasteiger partial charge on any atom is -0.358 e. The topological polar surface area (TPSA) is 32.9 Å². The maximum atomic E-state index is 13.4. The number of halogens is 1. The predicted molar refractivity (Wildman–Crippen MR) is 63.4 cm³/mol. The van der Waals surface area contributed by atoms with Gasteiger partial charge < -0.3 is 4.98 Å². The van der Waals surface area contributed by atoms with Crippen LogP contribution in [0.1, 0.15) is 23.7 Å². The van der Waals surface area contributed by atoms with E-state index in [2.05, 4.69) is 4.98 Å². The van der Waals surface area contributed by atoms with Gasteiger partial charge in [-0.15, -0.1) is 0 Å². The second kappa shape index (κ2) is 3.74. The molecule has 3 heteroatoms. The van der Waals surface area contributed by atoms with E-state index >= 15 is 0 Å². The van der Waals surface area contributed by atoms with Crippen molar-refractivity contribution in [1.29, 1.82) is 0 Å². The van der Waals surface area contributed by atoms with E-state index in [1.807, 2.05) is 13.8 Å². The quantitative estimate of drug-likeness (QED) is 0.786. The standard InChI is InChI=1S/C13H14FNO/c1-4-9-8(3)15-12-7(2)11(14)6-5-10(12)13(9)16/h5-6H,4H2,1-3H3,(H,15,16). The van der Waals surface area contributed by atoms with Crippen LogP contribution in [-0.2, 0) is 6.42 Å². The molecule has 0 amide bonds. The third-order valence-corrected chi connectivity index (χ3v) is 3.04. The Balaban J connectivity index is 2.99. The Morgan fingerprint density at radius 2 is 2.00 bits per heavy atom. The zero-order valence-electron chi connectivity index (χ0n) is 9.65. The maximum Gasteiger partial charge on any atom is 0.192 e. The van der Waals surface area contributed by atoms with Gasteiger partial charge in [0.2, 0.25) is 0 Å². The molecule has 0 atom stereocenters. The normalized spacial score (nSPS) is 11.0. The van der Waals surface area contributed by atoms with Crippen LogP contribution in [0.25, 0.3) is 10.9 Å². The molecule has 0 spiro atoms. The predicted octanol–water partition coefficient (Wildman–Crippen LogP) is 2.85. The largest absolute Gasteiger partial charge is 0.358 e. The van der Waals surface area contributed by atoms with Gasteiger partial charge in [-0.1, -0.05) is 6.92 Å². The molecule has 2 aromatic rings. The lowest BCUT2D eigenvalue weighted by Crippen LogP contribution is -2.13. The molecule has 2 rings (SSSR count). The number of aromatic amines is 1. The van der Waals surface area contributed by atoms with Crippen molar-refractivity contribution in [3.8, 4) is 0 Å². The molecule has 1 N–H and O–H groups in total. The number of aryl methyl sites for hydroxylation is 2. The average molecular weight is 219 g/mol. The van der Waals surface area contributed by atoms with Crippen LogP contribution in [-0.4, -0.2) is 4.98 Å². The van der Waals surface area contributed by atoms with Crippen molar-refractivity contribution in [2.24, 2.45) is 0 Å². The Kier molecular flexibility index (Phi) is 2.54. The minimum absolute atomic E-state index is 0.0110. The summed E-state index contributed by atoms with van der Waals surface area (Å²) in [5.74, 6) is -0.285. The number of nitrogens with one attached hydrogen (secondary N) is 1. The summed E-state index contributed by atoms with van der Waals surface area (Å²) in [6, 6.07) is 2.90. The summed E-state index contributed by atoms with van der Waals surface area (Å²) in [5, 5.41) is 0.571. The van der Waals surface area contributed by atoms with Gasteiger partial charge in [0.15, 0.2) is 5.43 Å². The van der Waals surface area contributed by atoms with Crippen molar-refractivity contribution in [2.45, 2.75) is 27.2 Å². The van der Waals surface area contributed by atoms with E-state index < -0.39 is 0 Å². The molecule has 0 saturated carbocycles. The lowest BCUT2D eigenvalue weighted by molar-refractivity contribution is 0.620. The fourth-order valence-electron chi connectivity index (χ4n) is 2.06. The number of pyridine rings is 1. The smallest absolute Gasteiger partial charge is 0.192 e. The average Bonchev–Trinajstić information content (AvgIpc) is 2.25. The summed E-state index contributed by atoms with van der Waals surface area (Å²) < 4.78 is 13.4. The minimum atomic E-state index is -0.285. The van der Waals surface area contributed by atoms with Gasteiger partial charge in [0, 0.05) is 22.2 Å². The Morgan fingerprint density at radius 3 is 2.62 bits per heavy atom. The van der Waals surface area contributed by atoms with Gasteiger partial charge in [-0.05, 0) is 32.4 Å². The second-order valence-corrected chi connectivity index (χ2v) is 4.01. The van der Waals surface area contributed by atoms with E-state index in [0.717, 1.165) is 11.3 Å². The first-order chi connectivity index (χ1) is 7.56. The van der Waals surface area contributed by atoms with Gasteiger partial charge in [0.1, 0.15) is 5.82 Å². The maximum absolute atomic E-state index is 13.4. The van der Waals surface area contributed by atoms with Crippen LogP contribution in [0.15, 0.2) is 16.9 Å². The van der Waals surface area contributed by atoms with Crippen molar-refractivity contribution in [3.63, 3.8) is 0 Å². The fraction of sp³-hybridized carbons (Fsp3) is 0.308. The van der Waals surface area contributed by atoms with Crippen LogP contribution < -0.4 is 5.43 Å². The van der Waals surface area contributed by atoms with Crippen LogP contribution in [0.4, 0.5) is 4.39 Å². The molecule has 1 heterocycles. The highest BCUT2D eigenvalue weighted by atomic mass is 19.1. The van der Waals surface area contributed by atoms with Gasteiger partial charge in [0.25, 0.3) is 0 Å². The van der Waals surface area contributed by atoms with E-state index in [0.29, 0.717) is 22.9 Å². The van der Waals surface area contributed by atoms with E-state index in [4.69, 9.17) is 0 Å². The molecule has 0 saturated heterocycles. The SMILES string of the molecule is CCc1c(C)[nH]c2c(C)c(F)ccc2c1=O. The molecule has 0 fully saturated rings. The molecule has 0 aliphatic rings. The molecule has 2 nitrogen and oxygen atoms in total. The van der Waals surface area contributed by atoms with Crippen molar-refractivity contribution < 1.29 is 4.39 Å². The van der Waals surface area contributed by atoms with Crippen molar-refractivity contribution in [3.05, 3.63) is 45.0 Å². The molecule has 16 heavy (non-hydrogen) atoms. The van der Waals surface area contributed by atoms with Crippen LogP contribution in [0, 0.1) is 19.7 Å². The third kappa shape index (κ3) is 1.43. The summed E-state index contributed by atoms with van der Waals surface area (Å²) in [7, 11) is 0. The van der Waals surface area contributed by atoms with Crippen LogP contribution in [0.3, 0.4) is 0 Å². The summed E-state index contributed by atoms with van der Waals surface area (Å²) in [5.41, 5.74) is 2.73. The summed E-state index contributed by atoms with van der Waals surface area (Å²) in [6.45, 7) is 5.47. The molecule has 0 aliphatic heterocycles. The van der Waals surface area contributed by atoms with E-state index in [-0.39, 0.29) is 11.2 Å². The first-order valence-electron chi connectivity index (χ1n) is 5.36. The molecule has 0 unspecified atom stereocenters. The third-order valence-electron chi connectivity index (χ3n) is 3.04. The molecule has 0 bridgehead atoms. The summed E-state index contributed by atoms with van der Waals surface area (Å²) in [4.78, 5) is 15.2. The number of fused-ring (bicyclic) bond motifs is 1. The second-order valence-electron chi connectivity index (χ2n) is 4.01. The molecule has 0 radical (unpaired) electrons. The van der Waals surface area contributed by atoms with Gasteiger partial charge in [-0.3, -0.25) is 4.79 Å². The van der Waals surface area contributed by atoms with Crippen LogP contribution in [0.2, 0.25) is 0 Å². The lowest BCUT2D eigenvalue weighted by Gasteiger charge is -2.08. The Morgan fingerprint density at radius 1 is 1.31 bits per heavy atom. The van der Waals surface area contributed by atoms with Gasteiger partial charge >= 0.3 is 0 Å².